The molecule has 0 atom stereocenters. The van der Waals surface area contributed by atoms with Crippen LogP contribution in [0.15, 0.2) is 47.4 Å². The number of rotatable bonds is 4. The Morgan fingerprint density at radius 1 is 1.17 bits per heavy atom. The third-order valence-electron chi connectivity index (χ3n) is 3.61. The van der Waals surface area contributed by atoms with Gasteiger partial charge in [0.2, 0.25) is 0 Å². The third-order valence-corrected chi connectivity index (χ3v) is 3.61. The molecule has 2 heterocycles. The molecule has 0 spiro atoms. The van der Waals surface area contributed by atoms with Crippen molar-refractivity contribution in [3.63, 3.8) is 0 Å². The van der Waals surface area contributed by atoms with Crippen LogP contribution in [0.2, 0.25) is 0 Å². The van der Waals surface area contributed by atoms with E-state index in [1.807, 2.05) is 57.2 Å². The van der Waals surface area contributed by atoms with Crippen LogP contribution in [0.4, 0.5) is 0 Å². The highest BCUT2D eigenvalue weighted by atomic mass is 16.5. The van der Waals surface area contributed by atoms with E-state index < -0.39 is 0 Å². The van der Waals surface area contributed by atoms with Crippen LogP contribution in [0.3, 0.4) is 0 Å². The Labute approximate surface area is 134 Å². The van der Waals surface area contributed by atoms with E-state index in [1.165, 1.54) is 0 Å². The van der Waals surface area contributed by atoms with E-state index in [0.29, 0.717) is 34.8 Å². The Hall–Kier alpha value is -2.69. The second-order valence-electron chi connectivity index (χ2n) is 5.50. The molecule has 5 heteroatoms. The molecular formula is C18H19N3O2. The van der Waals surface area contributed by atoms with E-state index in [-0.39, 0.29) is 11.6 Å². The number of benzene rings is 1. The number of para-hydroxylation sites is 1. The van der Waals surface area contributed by atoms with Gasteiger partial charge in [-0.15, -0.1) is 0 Å². The van der Waals surface area contributed by atoms with E-state index in [2.05, 4.69) is 9.97 Å². The summed E-state index contributed by atoms with van der Waals surface area (Å²) in [5.74, 6) is 0.665. The number of hydrogen-bond donors (Lipinski definition) is 0. The highest BCUT2D eigenvalue weighted by Gasteiger charge is 2.17. The molecule has 0 radical (unpaired) electrons. The topological polar surface area (TPSA) is 57.0 Å². The summed E-state index contributed by atoms with van der Waals surface area (Å²) in [6.07, 6.45) is 1.68. The predicted molar refractivity (Wildman–Crippen MR) is 90.8 cm³/mol. The molecule has 2 aromatic heterocycles. The average molecular weight is 309 g/mol. The van der Waals surface area contributed by atoms with Crippen molar-refractivity contribution >= 4 is 11.2 Å². The highest BCUT2D eigenvalue weighted by Crippen LogP contribution is 2.27. The normalized spacial score (nSPS) is 11.1. The van der Waals surface area contributed by atoms with E-state index >= 15 is 0 Å². The Kier molecular flexibility index (Phi) is 4.10. The number of ether oxygens (including phenoxy) is 1. The van der Waals surface area contributed by atoms with Crippen LogP contribution in [0.25, 0.3) is 22.4 Å². The number of nitrogens with zero attached hydrogens (tertiary/aromatic N) is 3. The molecule has 0 fully saturated rings. The van der Waals surface area contributed by atoms with Crippen molar-refractivity contribution in [2.45, 2.75) is 26.8 Å². The van der Waals surface area contributed by atoms with E-state index in [1.54, 1.807) is 10.8 Å². The number of aromatic nitrogens is 3. The number of fused-ring (bicyclic) bond motifs is 1. The minimum atomic E-state index is -0.154. The Balaban J connectivity index is 2.35. The predicted octanol–water partition coefficient (Wildman–Crippen LogP) is 3.44. The molecule has 0 aliphatic heterocycles. The minimum absolute atomic E-state index is 0.0131. The van der Waals surface area contributed by atoms with Crippen LogP contribution in [0.5, 0.6) is 5.75 Å². The Morgan fingerprint density at radius 3 is 2.70 bits per heavy atom. The molecule has 0 saturated heterocycles. The monoisotopic (exact) mass is 309 g/mol. The van der Waals surface area contributed by atoms with Crippen molar-refractivity contribution in [1.29, 1.82) is 0 Å². The van der Waals surface area contributed by atoms with Gasteiger partial charge >= 0.3 is 0 Å². The van der Waals surface area contributed by atoms with Crippen molar-refractivity contribution in [1.82, 2.24) is 14.5 Å². The van der Waals surface area contributed by atoms with Gasteiger partial charge in [0, 0.05) is 17.8 Å². The highest BCUT2D eigenvalue weighted by molar-refractivity contribution is 5.76. The quantitative estimate of drug-likeness (QED) is 0.741. The van der Waals surface area contributed by atoms with Gasteiger partial charge in [0.15, 0.2) is 5.65 Å². The molecule has 0 N–H and O–H groups in total. The van der Waals surface area contributed by atoms with Crippen LogP contribution in [-0.4, -0.2) is 21.1 Å². The molecule has 0 unspecified atom stereocenters. The number of pyridine rings is 1. The van der Waals surface area contributed by atoms with Crippen LogP contribution in [-0.2, 0) is 0 Å². The van der Waals surface area contributed by atoms with Crippen molar-refractivity contribution in [3.05, 3.63) is 52.9 Å². The summed E-state index contributed by atoms with van der Waals surface area (Å²) in [6.45, 7) is 6.38. The lowest BCUT2D eigenvalue weighted by atomic mass is 10.1. The summed E-state index contributed by atoms with van der Waals surface area (Å²) in [6, 6.07) is 11.2. The van der Waals surface area contributed by atoms with E-state index in [9.17, 15) is 4.79 Å². The summed E-state index contributed by atoms with van der Waals surface area (Å²) < 4.78 is 7.34. The first-order valence-electron chi connectivity index (χ1n) is 7.73. The largest absolute Gasteiger partial charge is 0.493 e. The zero-order valence-corrected chi connectivity index (χ0v) is 13.5. The summed E-state index contributed by atoms with van der Waals surface area (Å²) in [4.78, 5) is 21.9. The molecule has 0 aliphatic carbocycles. The van der Waals surface area contributed by atoms with Crippen LogP contribution >= 0.6 is 0 Å². The van der Waals surface area contributed by atoms with Gasteiger partial charge in [-0.3, -0.25) is 9.36 Å². The Bertz CT molecular complexity index is 900. The summed E-state index contributed by atoms with van der Waals surface area (Å²) in [7, 11) is 0. The van der Waals surface area contributed by atoms with Crippen molar-refractivity contribution in [2.24, 2.45) is 0 Å². The van der Waals surface area contributed by atoms with E-state index in [4.69, 9.17) is 4.74 Å². The molecule has 23 heavy (non-hydrogen) atoms. The van der Waals surface area contributed by atoms with Crippen molar-refractivity contribution in [3.8, 4) is 17.0 Å². The van der Waals surface area contributed by atoms with Gasteiger partial charge < -0.3 is 4.74 Å². The smallest absolute Gasteiger partial charge is 0.279 e. The fourth-order valence-corrected chi connectivity index (χ4v) is 2.64. The standard InChI is InChI=1S/C18H19N3O2/c1-4-23-15-10-6-5-8-13(15)16-18(22)21(12(2)3)17-14(20-16)9-7-11-19-17/h5-12H,4H2,1-3H3. The molecule has 5 nitrogen and oxygen atoms in total. The zero-order chi connectivity index (χ0) is 16.4. The van der Waals surface area contributed by atoms with Crippen molar-refractivity contribution in [2.75, 3.05) is 6.61 Å². The Morgan fingerprint density at radius 2 is 1.96 bits per heavy atom. The molecule has 3 aromatic rings. The minimum Gasteiger partial charge on any atom is -0.493 e. The molecule has 118 valence electrons. The molecule has 0 saturated carbocycles. The first kappa shape index (κ1) is 15.2. The van der Waals surface area contributed by atoms with Gasteiger partial charge in [0.05, 0.1) is 6.61 Å². The first-order chi connectivity index (χ1) is 11.1. The maximum atomic E-state index is 13.0. The maximum Gasteiger partial charge on any atom is 0.279 e. The molecule has 3 rings (SSSR count). The fourth-order valence-electron chi connectivity index (χ4n) is 2.64. The van der Waals surface area contributed by atoms with Gasteiger partial charge in [0.25, 0.3) is 5.56 Å². The molecular weight excluding hydrogens is 290 g/mol. The fraction of sp³-hybridized carbons (Fsp3) is 0.278. The first-order valence-corrected chi connectivity index (χ1v) is 7.73. The van der Waals surface area contributed by atoms with Gasteiger partial charge in [0.1, 0.15) is 17.0 Å². The maximum absolute atomic E-state index is 13.0. The number of hydrogen-bond acceptors (Lipinski definition) is 4. The summed E-state index contributed by atoms with van der Waals surface area (Å²) in [5.41, 5.74) is 2.24. The zero-order valence-electron chi connectivity index (χ0n) is 13.5. The van der Waals surface area contributed by atoms with Gasteiger partial charge in [-0.05, 0) is 45.0 Å². The average Bonchev–Trinajstić information content (AvgIpc) is 2.55. The molecule has 0 aliphatic rings. The van der Waals surface area contributed by atoms with Crippen LogP contribution in [0, 0.1) is 0 Å². The van der Waals surface area contributed by atoms with Gasteiger partial charge in [-0.1, -0.05) is 12.1 Å². The van der Waals surface area contributed by atoms with Crippen molar-refractivity contribution < 1.29 is 4.74 Å². The SMILES string of the molecule is CCOc1ccccc1-c1nc2cccnc2n(C(C)C)c1=O. The lowest BCUT2D eigenvalue weighted by Crippen LogP contribution is -2.26. The second kappa shape index (κ2) is 6.20. The molecule has 0 amide bonds. The lowest BCUT2D eigenvalue weighted by Gasteiger charge is -2.15. The molecule has 1 aromatic carbocycles. The van der Waals surface area contributed by atoms with Gasteiger partial charge in [-0.2, -0.15) is 0 Å². The third kappa shape index (κ3) is 2.70. The van der Waals surface area contributed by atoms with E-state index in [0.717, 1.165) is 0 Å². The second-order valence-corrected chi connectivity index (χ2v) is 5.50. The van der Waals surface area contributed by atoms with Crippen LogP contribution in [0.1, 0.15) is 26.8 Å². The lowest BCUT2D eigenvalue weighted by molar-refractivity contribution is 0.341. The van der Waals surface area contributed by atoms with Gasteiger partial charge in [-0.25, -0.2) is 9.97 Å². The molecule has 0 bridgehead atoms. The summed E-state index contributed by atoms with van der Waals surface area (Å²) in [5, 5.41) is 0. The van der Waals surface area contributed by atoms with Crippen LogP contribution < -0.4 is 10.3 Å². The summed E-state index contributed by atoms with van der Waals surface area (Å²) >= 11 is 0.